The normalized spacial score (nSPS) is 10.2. The molecule has 0 unspecified atom stereocenters. The lowest BCUT2D eigenvalue weighted by Crippen LogP contribution is -2.20. The van der Waals surface area contributed by atoms with E-state index in [2.05, 4.69) is 5.32 Å². The van der Waals surface area contributed by atoms with Crippen LogP contribution in [0.1, 0.15) is 5.56 Å². The Morgan fingerprint density at radius 2 is 1.57 bits per heavy atom. The predicted octanol–water partition coefficient (Wildman–Crippen LogP) is 3.38. The van der Waals surface area contributed by atoms with E-state index in [1.54, 1.807) is 0 Å². The Labute approximate surface area is 128 Å². The molecule has 2 rings (SSSR count). The van der Waals surface area contributed by atoms with Crippen molar-refractivity contribution in [2.45, 2.75) is 6.42 Å². The van der Waals surface area contributed by atoms with Crippen LogP contribution in [0.15, 0.2) is 36.4 Å². The lowest BCUT2D eigenvalue weighted by molar-refractivity contribution is -0.136. The van der Waals surface area contributed by atoms with E-state index in [1.807, 2.05) is 5.32 Å². The highest BCUT2D eigenvalue weighted by Gasteiger charge is 2.15. The maximum absolute atomic E-state index is 13.4. The van der Waals surface area contributed by atoms with Crippen LogP contribution in [-0.4, -0.2) is 17.1 Å². The minimum Gasteiger partial charge on any atom is -0.481 e. The van der Waals surface area contributed by atoms with Crippen molar-refractivity contribution in [2.75, 3.05) is 10.6 Å². The van der Waals surface area contributed by atoms with Gasteiger partial charge < -0.3 is 15.7 Å². The van der Waals surface area contributed by atoms with E-state index in [4.69, 9.17) is 5.11 Å². The molecule has 5 nitrogen and oxygen atoms in total. The number of amides is 2. The van der Waals surface area contributed by atoms with E-state index in [-0.39, 0.29) is 6.42 Å². The number of carbonyl (C=O) groups is 2. The lowest BCUT2D eigenvalue weighted by Gasteiger charge is -2.09. The highest BCUT2D eigenvalue weighted by atomic mass is 19.2. The molecule has 0 saturated heterocycles. The standard InChI is InChI=1S/C15H11F3N2O3/c16-10-5-6-11(14(18)13(10)17)20-15(23)19-9-3-1-8(2-4-9)7-12(21)22/h1-6H,7H2,(H,21,22)(H2,19,20,23). The van der Waals surface area contributed by atoms with Gasteiger partial charge in [0.1, 0.15) is 0 Å². The summed E-state index contributed by atoms with van der Waals surface area (Å²) in [5.41, 5.74) is 0.346. The lowest BCUT2D eigenvalue weighted by atomic mass is 10.1. The van der Waals surface area contributed by atoms with Crippen LogP contribution < -0.4 is 10.6 Å². The number of carboxylic acids is 1. The first-order valence-electron chi connectivity index (χ1n) is 6.39. The SMILES string of the molecule is O=C(O)Cc1ccc(NC(=O)Nc2ccc(F)c(F)c2F)cc1. The minimum atomic E-state index is -1.68. The molecule has 0 atom stereocenters. The molecule has 3 N–H and O–H groups in total. The van der Waals surface area contributed by atoms with Gasteiger partial charge >= 0.3 is 12.0 Å². The number of hydrogen-bond acceptors (Lipinski definition) is 2. The zero-order valence-corrected chi connectivity index (χ0v) is 11.6. The van der Waals surface area contributed by atoms with Crippen LogP contribution in [-0.2, 0) is 11.2 Å². The van der Waals surface area contributed by atoms with Gasteiger partial charge in [-0.25, -0.2) is 18.0 Å². The van der Waals surface area contributed by atoms with Gasteiger partial charge in [0.2, 0.25) is 0 Å². The number of aliphatic carboxylic acids is 1. The Balaban J connectivity index is 2.02. The van der Waals surface area contributed by atoms with Crippen LogP contribution >= 0.6 is 0 Å². The number of carbonyl (C=O) groups excluding carboxylic acids is 1. The van der Waals surface area contributed by atoms with Crippen LogP contribution in [0.2, 0.25) is 0 Å². The van der Waals surface area contributed by atoms with Gasteiger partial charge in [-0.15, -0.1) is 0 Å². The Morgan fingerprint density at radius 3 is 2.17 bits per heavy atom. The molecule has 0 saturated carbocycles. The number of carboxylic acid groups (broad SMARTS) is 1. The summed E-state index contributed by atoms with van der Waals surface area (Å²) in [4.78, 5) is 22.2. The van der Waals surface area contributed by atoms with Crippen LogP contribution in [0.3, 0.4) is 0 Å². The third kappa shape index (κ3) is 4.22. The van der Waals surface area contributed by atoms with Crippen molar-refractivity contribution < 1.29 is 27.9 Å². The molecule has 0 aliphatic heterocycles. The van der Waals surface area contributed by atoms with Gasteiger partial charge in [0, 0.05) is 5.69 Å². The summed E-state index contributed by atoms with van der Waals surface area (Å²) < 4.78 is 39.3. The molecule has 0 bridgehead atoms. The van der Waals surface area contributed by atoms with E-state index in [0.717, 1.165) is 6.07 Å². The number of rotatable bonds is 4. The number of anilines is 2. The van der Waals surface area contributed by atoms with Gasteiger partial charge in [0.05, 0.1) is 12.1 Å². The molecule has 2 amide bonds. The first-order chi connectivity index (χ1) is 10.9. The fraction of sp³-hybridized carbons (Fsp3) is 0.0667. The fourth-order valence-electron chi connectivity index (χ4n) is 1.79. The molecule has 2 aromatic rings. The molecule has 0 aliphatic rings. The number of benzene rings is 2. The summed E-state index contributed by atoms with van der Waals surface area (Å²) in [7, 11) is 0. The maximum Gasteiger partial charge on any atom is 0.323 e. The molecule has 2 aromatic carbocycles. The summed E-state index contributed by atoms with van der Waals surface area (Å²) in [5.74, 6) is -5.53. The summed E-state index contributed by atoms with van der Waals surface area (Å²) in [6, 6.07) is 6.64. The summed E-state index contributed by atoms with van der Waals surface area (Å²) >= 11 is 0. The largest absolute Gasteiger partial charge is 0.481 e. The Kier molecular flexibility index (Phi) is 4.85. The summed E-state index contributed by atoms with van der Waals surface area (Å²) in [6.45, 7) is 0. The number of hydrogen-bond donors (Lipinski definition) is 3. The molecule has 23 heavy (non-hydrogen) atoms. The highest BCUT2D eigenvalue weighted by molar-refractivity contribution is 5.99. The third-order valence-corrected chi connectivity index (χ3v) is 2.85. The molecule has 0 heterocycles. The van der Waals surface area contributed by atoms with Gasteiger partial charge in [0.25, 0.3) is 0 Å². The predicted molar refractivity (Wildman–Crippen MR) is 76.7 cm³/mol. The summed E-state index contributed by atoms with van der Waals surface area (Å²) in [6.07, 6.45) is -0.160. The molecular formula is C15H11F3N2O3. The molecule has 120 valence electrons. The van der Waals surface area contributed by atoms with Crippen molar-refractivity contribution >= 4 is 23.4 Å². The molecule has 8 heteroatoms. The van der Waals surface area contributed by atoms with Gasteiger partial charge in [-0.1, -0.05) is 12.1 Å². The third-order valence-electron chi connectivity index (χ3n) is 2.85. The molecular weight excluding hydrogens is 313 g/mol. The second-order valence-electron chi connectivity index (χ2n) is 4.57. The Bertz CT molecular complexity index is 748. The van der Waals surface area contributed by atoms with Crippen LogP contribution in [0.5, 0.6) is 0 Å². The smallest absolute Gasteiger partial charge is 0.323 e. The van der Waals surface area contributed by atoms with E-state index in [1.165, 1.54) is 24.3 Å². The Hall–Kier alpha value is -3.03. The van der Waals surface area contributed by atoms with Gasteiger partial charge in [0.15, 0.2) is 17.5 Å². The Morgan fingerprint density at radius 1 is 0.913 bits per heavy atom. The van der Waals surface area contributed by atoms with E-state index in [9.17, 15) is 22.8 Å². The van der Waals surface area contributed by atoms with Crippen molar-refractivity contribution in [1.82, 2.24) is 0 Å². The first kappa shape index (κ1) is 16.3. The number of nitrogens with one attached hydrogen (secondary N) is 2. The number of urea groups is 1. The van der Waals surface area contributed by atoms with Crippen molar-refractivity contribution in [2.24, 2.45) is 0 Å². The molecule has 0 spiro atoms. The second-order valence-corrected chi connectivity index (χ2v) is 4.57. The highest BCUT2D eigenvalue weighted by Crippen LogP contribution is 2.20. The van der Waals surface area contributed by atoms with Crippen molar-refractivity contribution in [3.8, 4) is 0 Å². The zero-order chi connectivity index (χ0) is 17.0. The van der Waals surface area contributed by atoms with Crippen molar-refractivity contribution in [1.29, 1.82) is 0 Å². The van der Waals surface area contributed by atoms with E-state index in [0.29, 0.717) is 17.3 Å². The van der Waals surface area contributed by atoms with Gasteiger partial charge in [-0.05, 0) is 29.8 Å². The van der Waals surface area contributed by atoms with E-state index < -0.39 is 35.1 Å². The zero-order valence-electron chi connectivity index (χ0n) is 11.6. The number of halogens is 3. The van der Waals surface area contributed by atoms with Crippen molar-refractivity contribution in [3.05, 3.63) is 59.4 Å². The molecule has 0 radical (unpaired) electrons. The minimum absolute atomic E-state index is 0.160. The monoisotopic (exact) mass is 324 g/mol. The van der Waals surface area contributed by atoms with Crippen LogP contribution in [0.25, 0.3) is 0 Å². The second kappa shape index (κ2) is 6.82. The van der Waals surface area contributed by atoms with Crippen LogP contribution in [0.4, 0.5) is 29.3 Å². The quantitative estimate of drug-likeness (QED) is 0.755. The van der Waals surface area contributed by atoms with Crippen LogP contribution in [0, 0.1) is 17.5 Å². The van der Waals surface area contributed by atoms with Gasteiger partial charge in [-0.2, -0.15) is 0 Å². The first-order valence-corrected chi connectivity index (χ1v) is 6.39. The van der Waals surface area contributed by atoms with Crippen molar-refractivity contribution in [3.63, 3.8) is 0 Å². The maximum atomic E-state index is 13.4. The summed E-state index contributed by atoms with van der Waals surface area (Å²) in [5, 5.41) is 13.0. The molecule has 0 aromatic heterocycles. The molecule has 0 aliphatic carbocycles. The molecule has 0 fully saturated rings. The average molecular weight is 324 g/mol. The fourth-order valence-corrected chi connectivity index (χ4v) is 1.79. The van der Waals surface area contributed by atoms with Gasteiger partial charge in [-0.3, -0.25) is 4.79 Å². The van der Waals surface area contributed by atoms with E-state index >= 15 is 0 Å². The average Bonchev–Trinajstić information content (AvgIpc) is 2.49. The topological polar surface area (TPSA) is 78.4 Å².